The average molecular weight is 308 g/mol. The van der Waals surface area contributed by atoms with Crippen molar-refractivity contribution in [2.45, 2.75) is 52.9 Å². The molecule has 0 aromatic rings. The second kappa shape index (κ2) is 9.78. The largest absolute Gasteiger partial charge is 0.340 e. The van der Waals surface area contributed by atoms with E-state index in [-0.39, 0.29) is 17.6 Å². The van der Waals surface area contributed by atoms with Gasteiger partial charge in [0.05, 0.1) is 0 Å². The van der Waals surface area contributed by atoms with Gasteiger partial charge in [0.2, 0.25) is 5.91 Å². The van der Waals surface area contributed by atoms with Crippen LogP contribution in [0.25, 0.3) is 0 Å². The number of Topliss-reactive ketones (excluding diaryl/α,β-unsaturated/α-hetero) is 1. The zero-order valence-electron chi connectivity index (χ0n) is 14.7. The van der Waals surface area contributed by atoms with Gasteiger partial charge in [-0.2, -0.15) is 0 Å². The van der Waals surface area contributed by atoms with Crippen molar-refractivity contribution in [2.24, 2.45) is 5.92 Å². The minimum absolute atomic E-state index is 0.173. The van der Waals surface area contributed by atoms with Crippen LogP contribution in [0.2, 0.25) is 0 Å². The fourth-order valence-corrected chi connectivity index (χ4v) is 2.65. The third-order valence-electron chi connectivity index (χ3n) is 4.61. The Morgan fingerprint density at radius 3 is 2.32 bits per heavy atom. The first-order valence-corrected chi connectivity index (χ1v) is 8.52. The van der Waals surface area contributed by atoms with Crippen LogP contribution in [0, 0.1) is 5.92 Å². The lowest BCUT2D eigenvalue weighted by Crippen LogP contribution is -2.47. The number of ketones is 1. The monoisotopic (exact) mass is 308 g/mol. The number of amides is 1. The minimum atomic E-state index is 0.173. The maximum absolute atomic E-state index is 12.1. The number of piperazine rings is 1. The lowest BCUT2D eigenvalue weighted by atomic mass is 9.98. The predicted molar refractivity (Wildman–Crippen MR) is 90.8 cm³/mol. The molecule has 0 aromatic carbocycles. The number of carbonyl (C=O) groups is 2. The highest BCUT2D eigenvalue weighted by Crippen LogP contribution is 2.14. The number of likely N-dealkylation sites (N-methyl/N-ethyl adjacent to an activating group) is 1. The van der Waals surface area contributed by atoms with Crippen molar-refractivity contribution in [1.82, 2.24) is 9.80 Å². The summed E-state index contributed by atoms with van der Waals surface area (Å²) in [7, 11) is 2.10. The van der Waals surface area contributed by atoms with Gasteiger partial charge in [-0.1, -0.05) is 18.6 Å². The van der Waals surface area contributed by atoms with Crippen LogP contribution >= 0.6 is 0 Å². The molecule has 1 unspecified atom stereocenters. The third kappa shape index (κ3) is 7.21. The fraction of sp³-hybridized carbons (Fsp3) is 0.778. The quantitative estimate of drug-likeness (QED) is 0.647. The molecule has 0 saturated carbocycles. The Morgan fingerprint density at radius 2 is 1.73 bits per heavy atom. The Labute approximate surface area is 135 Å². The van der Waals surface area contributed by atoms with Crippen LogP contribution in [0.3, 0.4) is 0 Å². The summed E-state index contributed by atoms with van der Waals surface area (Å²) < 4.78 is 0. The van der Waals surface area contributed by atoms with E-state index in [1.807, 2.05) is 11.8 Å². The molecule has 0 N–H and O–H groups in total. The van der Waals surface area contributed by atoms with Crippen molar-refractivity contribution >= 4 is 11.7 Å². The number of nitrogens with zero attached hydrogens (tertiary/aromatic N) is 2. The van der Waals surface area contributed by atoms with Gasteiger partial charge in [-0.3, -0.25) is 9.59 Å². The van der Waals surface area contributed by atoms with E-state index in [1.54, 1.807) is 6.92 Å². The van der Waals surface area contributed by atoms with Crippen molar-refractivity contribution in [3.05, 3.63) is 11.6 Å². The van der Waals surface area contributed by atoms with E-state index >= 15 is 0 Å². The van der Waals surface area contributed by atoms with Crippen LogP contribution in [0.5, 0.6) is 0 Å². The highest BCUT2D eigenvalue weighted by Gasteiger charge is 2.17. The van der Waals surface area contributed by atoms with Crippen molar-refractivity contribution in [2.75, 3.05) is 33.2 Å². The van der Waals surface area contributed by atoms with Gasteiger partial charge in [0, 0.05) is 38.5 Å². The predicted octanol–water partition coefficient (Wildman–Crippen LogP) is 2.88. The Bertz CT molecular complexity index is 396. The third-order valence-corrected chi connectivity index (χ3v) is 4.61. The number of carbonyl (C=O) groups excluding carboxylic acids is 2. The summed E-state index contributed by atoms with van der Waals surface area (Å²) in [6.45, 7) is 9.47. The minimum Gasteiger partial charge on any atom is -0.340 e. The maximum atomic E-state index is 12.1. The fourth-order valence-electron chi connectivity index (χ4n) is 2.65. The van der Waals surface area contributed by atoms with E-state index in [0.717, 1.165) is 51.9 Å². The molecule has 1 heterocycles. The van der Waals surface area contributed by atoms with Gasteiger partial charge >= 0.3 is 0 Å². The highest BCUT2D eigenvalue weighted by atomic mass is 16.2. The van der Waals surface area contributed by atoms with Gasteiger partial charge in [-0.25, -0.2) is 0 Å². The van der Waals surface area contributed by atoms with E-state index in [1.165, 1.54) is 5.57 Å². The zero-order valence-corrected chi connectivity index (χ0v) is 14.7. The normalized spacial score (nSPS) is 18.4. The molecule has 1 rings (SSSR count). The average Bonchev–Trinajstić information content (AvgIpc) is 2.47. The van der Waals surface area contributed by atoms with Crippen molar-refractivity contribution in [3.63, 3.8) is 0 Å². The lowest BCUT2D eigenvalue weighted by Gasteiger charge is -2.32. The SMILES string of the molecule is CC(=O)C(C)CCCC(C)=CCCC(=O)N1CCN(C)CC1. The topological polar surface area (TPSA) is 40.6 Å². The molecule has 1 aliphatic heterocycles. The van der Waals surface area contributed by atoms with Crippen LogP contribution in [0.1, 0.15) is 52.9 Å². The van der Waals surface area contributed by atoms with Crippen LogP contribution in [-0.2, 0) is 9.59 Å². The number of hydrogen-bond acceptors (Lipinski definition) is 3. The molecular formula is C18H32N2O2. The second-order valence-electron chi connectivity index (χ2n) is 6.68. The molecular weight excluding hydrogens is 276 g/mol. The van der Waals surface area contributed by atoms with Gasteiger partial charge in [0.1, 0.15) is 5.78 Å². The van der Waals surface area contributed by atoms with Gasteiger partial charge in [-0.05, 0) is 46.6 Å². The summed E-state index contributed by atoms with van der Waals surface area (Å²) >= 11 is 0. The molecule has 126 valence electrons. The van der Waals surface area contributed by atoms with Gasteiger partial charge in [0.25, 0.3) is 0 Å². The molecule has 4 heteroatoms. The number of hydrogen-bond donors (Lipinski definition) is 0. The standard InChI is InChI=1S/C18H32N2O2/c1-15(7-5-9-16(2)17(3)21)8-6-10-18(22)20-13-11-19(4)12-14-20/h8,16H,5-7,9-14H2,1-4H3. The molecule has 22 heavy (non-hydrogen) atoms. The summed E-state index contributed by atoms with van der Waals surface area (Å²) in [5, 5.41) is 0. The van der Waals surface area contributed by atoms with Gasteiger partial charge in [-0.15, -0.1) is 0 Å². The summed E-state index contributed by atoms with van der Waals surface area (Å²) in [5.41, 5.74) is 1.34. The Morgan fingerprint density at radius 1 is 1.09 bits per heavy atom. The van der Waals surface area contributed by atoms with Gasteiger partial charge in [0.15, 0.2) is 0 Å². The smallest absolute Gasteiger partial charge is 0.222 e. The van der Waals surface area contributed by atoms with Gasteiger partial charge < -0.3 is 9.80 Å². The van der Waals surface area contributed by atoms with E-state index < -0.39 is 0 Å². The Hall–Kier alpha value is -1.16. The van der Waals surface area contributed by atoms with Crippen LogP contribution in [-0.4, -0.2) is 54.7 Å². The Balaban J connectivity index is 2.18. The molecule has 0 bridgehead atoms. The molecule has 0 aromatic heterocycles. The molecule has 1 aliphatic rings. The van der Waals surface area contributed by atoms with Crippen LogP contribution < -0.4 is 0 Å². The second-order valence-corrected chi connectivity index (χ2v) is 6.68. The zero-order chi connectivity index (χ0) is 16.5. The molecule has 4 nitrogen and oxygen atoms in total. The summed E-state index contributed by atoms with van der Waals surface area (Å²) in [4.78, 5) is 27.5. The summed E-state index contributed by atoms with van der Waals surface area (Å²) in [5.74, 6) is 0.730. The summed E-state index contributed by atoms with van der Waals surface area (Å²) in [6.07, 6.45) is 6.67. The van der Waals surface area contributed by atoms with Crippen LogP contribution in [0.15, 0.2) is 11.6 Å². The summed E-state index contributed by atoms with van der Waals surface area (Å²) in [6, 6.07) is 0. The van der Waals surface area contributed by atoms with Crippen molar-refractivity contribution < 1.29 is 9.59 Å². The van der Waals surface area contributed by atoms with E-state index in [4.69, 9.17) is 0 Å². The molecule has 1 fully saturated rings. The van der Waals surface area contributed by atoms with E-state index in [0.29, 0.717) is 6.42 Å². The molecule has 0 spiro atoms. The first-order valence-electron chi connectivity index (χ1n) is 8.52. The highest BCUT2D eigenvalue weighted by molar-refractivity contribution is 5.77. The first-order chi connectivity index (χ1) is 10.4. The van der Waals surface area contributed by atoms with Crippen molar-refractivity contribution in [1.29, 1.82) is 0 Å². The van der Waals surface area contributed by atoms with E-state index in [2.05, 4.69) is 24.9 Å². The van der Waals surface area contributed by atoms with E-state index in [9.17, 15) is 9.59 Å². The lowest BCUT2D eigenvalue weighted by molar-refractivity contribution is -0.132. The maximum Gasteiger partial charge on any atom is 0.222 e. The molecule has 0 aliphatic carbocycles. The number of allylic oxidation sites excluding steroid dienone is 2. The molecule has 0 radical (unpaired) electrons. The molecule has 1 amide bonds. The number of rotatable bonds is 8. The Kier molecular flexibility index (Phi) is 8.39. The first kappa shape index (κ1) is 18.9. The van der Waals surface area contributed by atoms with Crippen molar-refractivity contribution in [3.8, 4) is 0 Å². The van der Waals surface area contributed by atoms with Crippen LogP contribution in [0.4, 0.5) is 0 Å². The molecule has 1 atom stereocenters. The molecule has 1 saturated heterocycles.